The number of H-pyrrole nitrogens is 1. The molecule has 1 aromatic carbocycles. The van der Waals surface area contributed by atoms with E-state index in [1.807, 2.05) is 0 Å². The molecule has 1 amide bonds. The molecule has 40 heavy (non-hydrogen) atoms. The Kier molecular flexibility index (Phi) is 8.13. The fourth-order valence-corrected chi connectivity index (χ4v) is 4.98. The molecule has 1 aliphatic heterocycles. The maximum Gasteiger partial charge on any atom is 0.355 e. The lowest BCUT2D eigenvalue weighted by atomic mass is 9.93. The van der Waals surface area contributed by atoms with Gasteiger partial charge in [0.25, 0.3) is 11.7 Å². The van der Waals surface area contributed by atoms with Gasteiger partial charge in [-0.25, -0.2) is 4.79 Å². The minimum atomic E-state index is -1.03. The van der Waals surface area contributed by atoms with Crippen molar-refractivity contribution in [3.8, 4) is 17.2 Å². The molecule has 3 heterocycles. The number of nitrogens with one attached hydrogen (secondary N) is 1. The zero-order valence-electron chi connectivity index (χ0n) is 23.2. The van der Waals surface area contributed by atoms with Crippen molar-refractivity contribution < 1.29 is 38.4 Å². The normalized spacial score (nSPS) is 16.2. The average Bonchev–Trinajstić information content (AvgIpc) is 3.39. The van der Waals surface area contributed by atoms with Crippen molar-refractivity contribution in [2.24, 2.45) is 0 Å². The standard InChI is InChI=1S/C29H31N3O8/c1-7-40-29(36)23-15(2)21(16(3)31-23)25(33)22-24(18-11-19(37-4)27(39-6)20(12-18)38-5)32(28(35)26(22)34)14-17-9-8-10-30-13-17/h8-13,24,31,33H,7,14H2,1-6H3/b25-22+/t24-/m1/s1. The Morgan fingerprint density at radius 3 is 2.33 bits per heavy atom. The van der Waals surface area contributed by atoms with Crippen LogP contribution in [0.5, 0.6) is 17.2 Å². The maximum absolute atomic E-state index is 13.6. The van der Waals surface area contributed by atoms with E-state index in [0.717, 1.165) is 0 Å². The quantitative estimate of drug-likeness (QED) is 0.176. The number of nitrogens with zero attached hydrogens (tertiary/aromatic N) is 2. The molecular formula is C29H31N3O8. The highest BCUT2D eigenvalue weighted by atomic mass is 16.5. The van der Waals surface area contributed by atoms with Gasteiger partial charge in [-0.3, -0.25) is 14.6 Å². The van der Waals surface area contributed by atoms with E-state index in [2.05, 4.69) is 9.97 Å². The summed E-state index contributed by atoms with van der Waals surface area (Å²) >= 11 is 0. The molecule has 2 N–H and O–H groups in total. The summed E-state index contributed by atoms with van der Waals surface area (Å²) in [7, 11) is 4.38. The van der Waals surface area contributed by atoms with E-state index in [1.54, 1.807) is 57.4 Å². The fraction of sp³-hybridized carbons (Fsp3) is 0.310. The number of ketones is 1. The molecule has 1 aliphatic rings. The highest BCUT2D eigenvalue weighted by Gasteiger charge is 2.47. The van der Waals surface area contributed by atoms with Crippen LogP contribution in [-0.2, 0) is 20.9 Å². The summed E-state index contributed by atoms with van der Waals surface area (Å²) in [6, 6.07) is 5.73. The van der Waals surface area contributed by atoms with Crippen molar-refractivity contribution in [2.75, 3.05) is 27.9 Å². The van der Waals surface area contributed by atoms with Gasteiger partial charge in [0.05, 0.1) is 39.6 Å². The van der Waals surface area contributed by atoms with Gasteiger partial charge in [0.15, 0.2) is 11.5 Å². The number of esters is 1. The summed E-state index contributed by atoms with van der Waals surface area (Å²) in [5.74, 6) is -1.76. The summed E-state index contributed by atoms with van der Waals surface area (Å²) in [5.41, 5.74) is 2.17. The Balaban J connectivity index is 1.98. The van der Waals surface area contributed by atoms with Crippen LogP contribution in [0.3, 0.4) is 0 Å². The number of aryl methyl sites for hydroxylation is 1. The van der Waals surface area contributed by atoms with Crippen LogP contribution < -0.4 is 14.2 Å². The maximum atomic E-state index is 13.6. The number of hydrogen-bond donors (Lipinski definition) is 2. The highest BCUT2D eigenvalue weighted by Crippen LogP contribution is 2.46. The minimum absolute atomic E-state index is 0.0374. The Labute approximate surface area is 231 Å². The lowest BCUT2D eigenvalue weighted by molar-refractivity contribution is -0.140. The van der Waals surface area contributed by atoms with Crippen molar-refractivity contribution in [2.45, 2.75) is 33.4 Å². The molecule has 11 nitrogen and oxygen atoms in total. The van der Waals surface area contributed by atoms with Gasteiger partial charge in [-0.05, 0) is 55.7 Å². The molecule has 3 aromatic rings. The van der Waals surface area contributed by atoms with Crippen LogP contribution in [0.15, 0.2) is 42.2 Å². The number of amides is 1. The van der Waals surface area contributed by atoms with Crippen molar-refractivity contribution in [1.82, 2.24) is 14.9 Å². The van der Waals surface area contributed by atoms with E-state index < -0.39 is 29.5 Å². The first-order chi connectivity index (χ1) is 19.2. The summed E-state index contributed by atoms with van der Waals surface area (Å²) in [5, 5.41) is 11.7. The number of aliphatic hydroxyl groups is 1. The lowest BCUT2D eigenvalue weighted by Gasteiger charge is -2.26. The third kappa shape index (κ3) is 4.86. The molecule has 11 heteroatoms. The number of carbonyl (C=O) groups excluding carboxylic acids is 3. The van der Waals surface area contributed by atoms with Crippen molar-refractivity contribution >= 4 is 23.4 Å². The molecule has 0 bridgehead atoms. The van der Waals surface area contributed by atoms with Crippen LogP contribution >= 0.6 is 0 Å². The number of Topliss-reactive ketones (excluding diaryl/α,β-unsaturated/α-hetero) is 1. The number of aromatic amines is 1. The van der Waals surface area contributed by atoms with Gasteiger partial charge in [0.1, 0.15) is 11.5 Å². The number of pyridine rings is 1. The van der Waals surface area contributed by atoms with E-state index in [-0.39, 0.29) is 30.0 Å². The number of hydrogen-bond acceptors (Lipinski definition) is 9. The van der Waals surface area contributed by atoms with Crippen LogP contribution in [0.4, 0.5) is 0 Å². The van der Waals surface area contributed by atoms with Crippen LogP contribution in [0.2, 0.25) is 0 Å². The first-order valence-electron chi connectivity index (χ1n) is 12.5. The van der Waals surface area contributed by atoms with E-state index in [0.29, 0.717) is 39.6 Å². The number of rotatable bonds is 9. The van der Waals surface area contributed by atoms with Crippen LogP contribution in [0.1, 0.15) is 51.4 Å². The van der Waals surface area contributed by atoms with Crippen LogP contribution in [0, 0.1) is 13.8 Å². The molecule has 210 valence electrons. The Morgan fingerprint density at radius 2 is 1.77 bits per heavy atom. The second-order valence-electron chi connectivity index (χ2n) is 9.09. The van der Waals surface area contributed by atoms with Gasteiger partial charge in [-0.1, -0.05) is 6.07 Å². The molecule has 4 rings (SSSR count). The zero-order chi connectivity index (χ0) is 29.1. The number of benzene rings is 1. The van der Waals surface area contributed by atoms with Crippen molar-refractivity contribution in [1.29, 1.82) is 0 Å². The molecule has 0 saturated carbocycles. The summed E-state index contributed by atoms with van der Waals surface area (Å²) < 4.78 is 21.6. The van der Waals surface area contributed by atoms with E-state index in [4.69, 9.17) is 18.9 Å². The van der Waals surface area contributed by atoms with Gasteiger partial charge >= 0.3 is 5.97 Å². The molecule has 0 spiro atoms. The fourth-order valence-electron chi connectivity index (χ4n) is 4.98. The SMILES string of the molecule is CCOC(=O)c1[nH]c(C)c(/C(O)=C2\C(=O)C(=O)N(Cc3cccnc3)[C@@H]2c2cc(OC)c(OC)c(OC)c2)c1C. The smallest absolute Gasteiger partial charge is 0.355 e. The monoisotopic (exact) mass is 549 g/mol. The minimum Gasteiger partial charge on any atom is -0.507 e. The summed E-state index contributed by atoms with van der Waals surface area (Å²) in [6.45, 7) is 5.18. The third-order valence-electron chi connectivity index (χ3n) is 6.77. The Hall–Kier alpha value is -4.80. The van der Waals surface area contributed by atoms with Gasteiger partial charge in [0.2, 0.25) is 5.75 Å². The number of carbonyl (C=O) groups is 3. The zero-order valence-corrected chi connectivity index (χ0v) is 23.2. The van der Waals surface area contributed by atoms with Gasteiger partial charge < -0.3 is 33.9 Å². The summed E-state index contributed by atoms with van der Waals surface area (Å²) in [6.07, 6.45) is 3.20. The highest BCUT2D eigenvalue weighted by molar-refractivity contribution is 6.46. The van der Waals surface area contributed by atoms with Gasteiger partial charge in [0, 0.05) is 30.2 Å². The molecule has 1 fully saturated rings. The third-order valence-corrected chi connectivity index (χ3v) is 6.77. The first kappa shape index (κ1) is 28.2. The molecule has 1 saturated heterocycles. The van der Waals surface area contributed by atoms with Crippen LogP contribution in [-0.4, -0.2) is 65.6 Å². The van der Waals surface area contributed by atoms with Crippen molar-refractivity contribution in [3.63, 3.8) is 0 Å². The number of methoxy groups -OCH3 is 3. The van der Waals surface area contributed by atoms with E-state index in [1.165, 1.54) is 26.2 Å². The molecular weight excluding hydrogens is 518 g/mol. The second-order valence-corrected chi connectivity index (χ2v) is 9.09. The first-order valence-corrected chi connectivity index (χ1v) is 12.5. The van der Waals surface area contributed by atoms with Crippen LogP contribution in [0.25, 0.3) is 5.76 Å². The predicted octanol–water partition coefficient (Wildman–Crippen LogP) is 3.85. The lowest BCUT2D eigenvalue weighted by Crippen LogP contribution is -2.29. The average molecular weight is 550 g/mol. The largest absolute Gasteiger partial charge is 0.507 e. The van der Waals surface area contributed by atoms with E-state index in [9.17, 15) is 19.5 Å². The Bertz CT molecular complexity index is 1470. The van der Waals surface area contributed by atoms with Gasteiger partial charge in [-0.2, -0.15) is 0 Å². The molecule has 0 unspecified atom stereocenters. The summed E-state index contributed by atoms with van der Waals surface area (Å²) in [4.78, 5) is 48.0. The number of aliphatic hydroxyl groups excluding tert-OH is 1. The van der Waals surface area contributed by atoms with Gasteiger partial charge in [-0.15, -0.1) is 0 Å². The number of ether oxygens (including phenoxy) is 4. The molecule has 0 radical (unpaired) electrons. The Morgan fingerprint density at radius 1 is 1.10 bits per heavy atom. The van der Waals surface area contributed by atoms with Crippen molar-refractivity contribution in [3.05, 3.63) is 75.9 Å². The second kappa shape index (κ2) is 11.5. The molecule has 1 atom stereocenters. The topological polar surface area (TPSA) is 140 Å². The molecule has 0 aliphatic carbocycles. The predicted molar refractivity (Wildman–Crippen MR) is 144 cm³/mol. The number of aromatic nitrogens is 2. The molecule has 2 aromatic heterocycles. The number of likely N-dealkylation sites (tertiary alicyclic amines) is 1. The van der Waals surface area contributed by atoms with E-state index >= 15 is 0 Å².